The molecule has 0 aliphatic rings. The zero-order chi connectivity index (χ0) is 20.7. The molecule has 1 aromatic carbocycles. The van der Waals surface area contributed by atoms with Gasteiger partial charge in [-0.25, -0.2) is 9.78 Å². The molecule has 4 aromatic rings. The van der Waals surface area contributed by atoms with Gasteiger partial charge in [0, 0.05) is 35.5 Å². The fourth-order valence-corrected chi connectivity index (χ4v) is 3.70. The predicted octanol–water partition coefficient (Wildman–Crippen LogP) is 1.40. The number of thioether (sulfide) groups is 1. The van der Waals surface area contributed by atoms with E-state index in [2.05, 4.69) is 41.4 Å². The molecule has 10 nitrogen and oxygen atoms in total. The molecule has 3 aromatic heterocycles. The third kappa shape index (κ3) is 3.68. The highest BCUT2D eigenvalue weighted by Gasteiger charge is 2.13. The molecule has 1 amide bonds. The van der Waals surface area contributed by atoms with E-state index in [-0.39, 0.29) is 11.6 Å². The first-order valence-corrected chi connectivity index (χ1v) is 10.1. The number of nitrogens with zero attached hydrogens (tertiary/aromatic N) is 5. The number of carbonyl (C=O) groups excluding carboxylic acids is 1. The average molecular weight is 476 g/mol. The maximum Gasteiger partial charge on any atom is 0.332 e. The van der Waals surface area contributed by atoms with E-state index in [1.807, 2.05) is 18.2 Å². The van der Waals surface area contributed by atoms with Crippen LogP contribution in [0.3, 0.4) is 0 Å². The molecule has 29 heavy (non-hydrogen) atoms. The van der Waals surface area contributed by atoms with E-state index in [4.69, 9.17) is 0 Å². The number of H-pyrrole nitrogens is 1. The van der Waals surface area contributed by atoms with E-state index in [0.717, 1.165) is 31.7 Å². The Morgan fingerprint density at radius 2 is 2.00 bits per heavy atom. The third-order valence-electron chi connectivity index (χ3n) is 4.28. The summed E-state index contributed by atoms with van der Waals surface area (Å²) in [5.74, 6) is -0.288. The van der Waals surface area contributed by atoms with Gasteiger partial charge in [0.1, 0.15) is 11.3 Å². The first kappa shape index (κ1) is 19.3. The van der Waals surface area contributed by atoms with E-state index < -0.39 is 17.2 Å². The van der Waals surface area contributed by atoms with Crippen LogP contribution in [0.1, 0.15) is 0 Å². The fraction of sp³-hybridized carbons (Fsp3) is 0.176. The van der Waals surface area contributed by atoms with Crippen LogP contribution < -0.4 is 16.6 Å². The predicted molar refractivity (Wildman–Crippen MR) is 113 cm³/mol. The summed E-state index contributed by atoms with van der Waals surface area (Å²) in [5, 5.41) is 12.1. The quantitative estimate of drug-likeness (QED) is 0.426. The summed E-state index contributed by atoms with van der Waals surface area (Å²) in [7, 11) is 2.84. The Kier molecular flexibility index (Phi) is 4.96. The molecule has 0 bridgehead atoms. The highest BCUT2D eigenvalue weighted by atomic mass is 79.9. The van der Waals surface area contributed by atoms with Gasteiger partial charge in [-0.1, -0.05) is 27.7 Å². The number of rotatable bonds is 4. The Morgan fingerprint density at radius 3 is 2.79 bits per heavy atom. The lowest BCUT2D eigenvalue weighted by Gasteiger charge is -2.10. The molecule has 12 heteroatoms. The lowest BCUT2D eigenvalue weighted by atomic mass is 10.2. The molecule has 0 saturated carbocycles. The third-order valence-corrected chi connectivity index (χ3v) is 5.61. The summed E-state index contributed by atoms with van der Waals surface area (Å²) in [5.41, 5.74) is 1.08. The van der Waals surface area contributed by atoms with Crippen molar-refractivity contribution < 1.29 is 4.79 Å². The van der Waals surface area contributed by atoms with Gasteiger partial charge in [0.2, 0.25) is 11.1 Å². The standard InChI is InChI=1S/C17H14BrN7O3S/c1-24-11(6-13(27)25(2)17(24)28)20-12(26)7-29-16-21-15-14(22-23-16)9-5-8(18)3-4-10(9)19-15/h3-6H,7H2,1-2H3,(H,20,26)(H,19,21,23). The number of aromatic amines is 1. The van der Waals surface area contributed by atoms with Crippen molar-refractivity contribution in [1.29, 1.82) is 0 Å². The smallest absolute Gasteiger partial charge is 0.332 e. The molecule has 0 fully saturated rings. The number of amides is 1. The Hall–Kier alpha value is -2.99. The van der Waals surface area contributed by atoms with Gasteiger partial charge >= 0.3 is 5.69 Å². The Balaban J connectivity index is 1.51. The highest BCUT2D eigenvalue weighted by molar-refractivity contribution is 9.10. The van der Waals surface area contributed by atoms with Crippen LogP contribution in [0.15, 0.2) is 43.5 Å². The number of fused-ring (bicyclic) bond motifs is 3. The van der Waals surface area contributed by atoms with Crippen LogP contribution in [0, 0.1) is 0 Å². The van der Waals surface area contributed by atoms with Gasteiger partial charge in [-0.2, -0.15) is 0 Å². The van der Waals surface area contributed by atoms with Gasteiger partial charge in [0.25, 0.3) is 5.56 Å². The van der Waals surface area contributed by atoms with Gasteiger partial charge in [0.15, 0.2) is 5.65 Å². The first-order chi connectivity index (χ1) is 13.8. The van der Waals surface area contributed by atoms with Crippen molar-refractivity contribution in [3.05, 3.63) is 49.6 Å². The van der Waals surface area contributed by atoms with Crippen LogP contribution in [0.4, 0.5) is 5.82 Å². The molecule has 0 radical (unpaired) electrons. The summed E-state index contributed by atoms with van der Waals surface area (Å²) in [6, 6.07) is 6.95. The van der Waals surface area contributed by atoms with Crippen molar-refractivity contribution in [1.82, 2.24) is 29.3 Å². The maximum absolute atomic E-state index is 12.2. The van der Waals surface area contributed by atoms with Crippen molar-refractivity contribution >= 4 is 61.5 Å². The molecule has 148 valence electrons. The average Bonchev–Trinajstić information content (AvgIpc) is 3.06. The molecule has 0 atom stereocenters. The van der Waals surface area contributed by atoms with E-state index in [1.54, 1.807) is 0 Å². The summed E-state index contributed by atoms with van der Waals surface area (Å²) < 4.78 is 3.07. The Morgan fingerprint density at radius 1 is 1.21 bits per heavy atom. The number of carbonyl (C=O) groups is 1. The second kappa shape index (κ2) is 7.44. The monoisotopic (exact) mass is 475 g/mol. The van der Waals surface area contributed by atoms with Gasteiger partial charge in [-0.05, 0) is 18.2 Å². The van der Waals surface area contributed by atoms with E-state index in [9.17, 15) is 14.4 Å². The van der Waals surface area contributed by atoms with Crippen LogP contribution in [0.25, 0.3) is 22.1 Å². The fourth-order valence-electron chi connectivity index (χ4n) is 2.75. The molecule has 3 heterocycles. The molecule has 0 unspecified atom stereocenters. The Labute approximate surface area is 175 Å². The molecule has 0 aliphatic carbocycles. The molecular weight excluding hydrogens is 462 g/mol. The van der Waals surface area contributed by atoms with Crippen LogP contribution in [0.2, 0.25) is 0 Å². The van der Waals surface area contributed by atoms with Crippen LogP contribution in [-0.4, -0.2) is 41.0 Å². The van der Waals surface area contributed by atoms with Gasteiger partial charge in [0.05, 0.1) is 5.75 Å². The van der Waals surface area contributed by atoms with Crippen LogP contribution in [0.5, 0.6) is 0 Å². The minimum Gasteiger partial charge on any atom is -0.338 e. The van der Waals surface area contributed by atoms with Crippen molar-refractivity contribution in [3.8, 4) is 0 Å². The SMILES string of the molecule is Cn1c(NC(=O)CSc2nnc3c(n2)[nH]c2ccc(Br)cc23)cc(=O)n(C)c1=O. The van der Waals surface area contributed by atoms with Gasteiger partial charge in [-0.15, -0.1) is 10.2 Å². The largest absolute Gasteiger partial charge is 0.338 e. The maximum atomic E-state index is 12.2. The molecule has 0 aliphatic heterocycles. The zero-order valence-corrected chi connectivity index (χ0v) is 17.7. The first-order valence-electron chi connectivity index (χ1n) is 8.35. The summed E-state index contributed by atoms with van der Waals surface area (Å²) in [6.07, 6.45) is 0. The molecular formula is C17H14BrN7O3S. The lowest BCUT2D eigenvalue weighted by molar-refractivity contribution is -0.113. The zero-order valence-electron chi connectivity index (χ0n) is 15.3. The molecule has 2 N–H and O–H groups in total. The number of anilines is 1. The topological polar surface area (TPSA) is 128 Å². The van der Waals surface area contributed by atoms with Crippen molar-refractivity contribution in [2.45, 2.75) is 5.16 Å². The molecule has 0 saturated heterocycles. The van der Waals surface area contributed by atoms with Crippen LogP contribution in [-0.2, 0) is 18.9 Å². The second-order valence-electron chi connectivity index (χ2n) is 6.21. The minimum atomic E-state index is -0.524. The molecule has 0 spiro atoms. The number of benzene rings is 1. The molecule has 4 rings (SSSR count). The van der Waals surface area contributed by atoms with Gasteiger partial charge in [-0.3, -0.25) is 18.7 Å². The number of nitrogens with one attached hydrogen (secondary N) is 2. The van der Waals surface area contributed by atoms with E-state index in [1.165, 1.54) is 24.7 Å². The highest BCUT2D eigenvalue weighted by Crippen LogP contribution is 2.26. The lowest BCUT2D eigenvalue weighted by Crippen LogP contribution is -2.38. The number of hydrogen-bond acceptors (Lipinski definition) is 7. The van der Waals surface area contributed by atoms with Crippen molar-refractivity contribution in [2.24, 2.45) is 14.1 Å². The van der Waals surface area contributed by atoms with Crippen molar-refractivity contribution in [2.75, 3.05) is 11.1 Å². The second-order valence-corrected chi connectivity index (χ2v) is 8.07. The Bertz CT molecular complexity index is 1390. The van der Waals surface area contributed by atoms with E-state index >= 15 is 0 Å². The van der Waals surface area contributed by atoms with E-state index in [0.29, 0.717) is 16.3 Å². The van der Waals surface area contributed by atoms with Crippen LogP contribution >= 0.6 is 27.7 Å². The summed E-state index contributed by atoms with van der Waals surface area (Å²) >= 11 is 4.53. The number of halogens is 1. The minimum absolute atomic E-state index is 0.0115. The number of aromatic nitrogens is 6. The summed E-state index contributed by atoms with van der Waals surface area (Å²) in [6.45, 7) is 0. The van der Waals surface area contributed by atoms with Gasteiger partial charge < -0.3 is 10.3 Å². The number of hydrogen-bond donors (Lipinski definition) is 2. The summed E-state index contributed by atoms with van der Waals surface area (Å²) in [4.78, 5) is 43.5. The van der Waals surface area contributed by atoms with Crippen molar-refractivity contribution in [3.63, 3.8) is 0 Å². The normalized spacial score (nSPS) is 11.3.